The average molecular weight is 701 g/mol. The first-order valence-electron chi connectivity index (χ1n) is 19.0. The second-order valence-corrected chi connectivity index (χ2v) is 14.6. The van der Waals surface area contributed by atoms with Crippen molar-refractivity contribution in [2.45, 2.75) is 5.41 Å². The van der Waals surface area contributed by atoms with Crippen LogP contribution in [-0.4, -0.2) is 4.57 Å². The van der Waals surface area contributed by atoms with Crippen LogP contribution in [0.5, 0.6) is 0 Å². The van der Waals surface area contributed by atoms with Crippen molar-refractivity contribution in [1.82, 2.24) is 4.57 Å². The van der Waals surface area contributed by atoms with Gasteiger partial charge in [-0.1, -0.05) is 158 Å². The molecule has 258 valence electrons. The van der Waals surface area contributed by atoms with E-state index in [0.717, 1.165) is 17.1 Å². The smallest absolute Gasteiger partial charge is 0.0714 e. The molecule has 9 aromatic carbocycles. The molecular formula is C53H36N2. The van der Waals surface area contributed by atoms with Crippen LogP contribution < -0.4 is 5.32 Å². The van der Waals surface area contributed by atoms with Crippen LogP contribution in [0.3, 0.4) is 0 Å². The minimum atomic E-state index is -0.529. The van der Waals surface area contributed by atoms with Crippen molar-refractivity contribution in [3.05, 3.63) is 235 Å². The summed E-state index contributed by atoms with van der Waals surface area (Å²) in [5.74, 6) is 0. The highest BCUT2D eigenvalue weighted by Crippen LogP contribution is 2.57. The lowest BCUT2D eigenvalue weighted by molar-refractivity contribution is 0.769. The van der Waals surface area contributed by atoms with Gasteiger partial charge in [-0.3, -0.25) is 0 Å². The maximum Gasteiger partial charge on any atom is 0.0714 e. The van der Waals surface area contributed by atoms with Crippen LogP contribution >= 0.6 is 0 Å². The molecule has 0 atom stereocenters. The first kappa shape index (κ1) is 31.4. The van der Waals surface area contributed by atoms with Crippen LogP contribution in [-0.2, 0) is 5.41 Å². The second-order valence-electron chi connectivity index (χ2n) is 14.6. The summed E-state index contributed by atoms with van der Waals surface area (Å²) in [5.41, 5.74) is 15.2. The van der Waals surface area contributed by atoms with E-state index in [-0.39, 0.29) is 0 Å². The summed E-state index contributed by atoms with van der Waals surface area (Å²) < 4.78 is 2.36. The number of nitrogens with one attached hydrogen (secondary N) is 1. The summed E-state index contributed by atoms with van der Waals surface area (Å²) in [6.45, 7) is 0. The average Bonchev–Trinajstić information content (AvgIpc) is 3.74. The largest absolute Gasteiger partial charge is 0.355 e. The molecule has 0 fully saturated rings. The molecule has 55 heavy (non-hydrogen) atoms. The number of para-hydroxylation sites is 2. The highest BCUT2D eigenvalue weighted by atomic mass is 15.0. The SMILES string of the molecule is c1ccc(-n2c3ccccc3c3cc(Nc4ccc5c(c4)C(c4ccccc4)(c4ccccc4)c4cc(-c6cccc7ccccc67)ccc4-5)ccc32)cc1. The maximum atomic E-state index is 3.86. The Kier molecular flexibility index (Phi) is 7.11. The van der Waals surface area contributed by atoms with Gasteiger partial charge in [-0.25, -0.2) is 0 Å². The molecule has 1 N–H and O–H groups in total. The van der Waals surface area contributed by atoms with Gasteiger partial charge in [0.05, 0.1) is 16.4 Å². The molecular weight excluding hydrogens is 665 g/mol. The van der Waals surface area contributed by atoms with E-state index < -0.39 is 5.41 Å². The van der Waals surface area contributed by atoms with Gasteiger partial charge in [0.2, 0.25) is 0 Å². The van der Waals surface area contributed by atoms with Crippen LogP contribution in [0.4, 0.5) is 11.4 Å². The fraction of sp³-hybridized carbons (Fsp3) is 0.0189. The fourth-order valence-electron chi connectivity index (χ4n) is 9.28. The topological polar surface area (TPSA) is 17.0 Å². The van der Waals surface area contributed by atoms with Crippen LogP contribution in [0.1, 0.15) is 22.3 Å². The third-order valence-electron chi connectivity index (χ3n) is 11.6. The molecule has 1 aromatic heterocycles. The number of fused-ring (bicyclic) bond motifs is 7. The zero-order chi connectivity index (χ0) is 36.3. The van der Waals surface area contributed by atoms with Gasteiger partial charge in [-0.2, -0.15) is 0 Å². The Morgan fingerprint density at radius 1 is 0.364 bits per heavy atom. The van der Waals surface area contributed by atoms with E-state index in [1.807, 2.05) is 0 Å². The first-order chi connectivity index (χ1) is 27.3. The van der Waals surface area contributed by atoms with Crippen molar-refractivity contribution in [3.8, 4) is 27.9 Å². The molecule has 2 nitrogen and oxygen atoms in total. The third-order valence-corrected chi connectivity index (χ3v) is 11.6. The Morgan fingerprint density at radius 3 is 1.69 bits per heavy atom. The zero-order valence-electron chi connectivity index (χ0n) is 30.2. The van der Waals surface area contributed by atoms with E-state index in [1.54, 1.807) is 0 Å². The van der Waals surface area contributed by atoms with E-state index in [4.69, 9.17) is 0 Å². The van der Waals surface area contributed by atoms with E-state index >= 15 is 0 Å². The minimum absolute atomic E-state index is 0.529. The molecule has 0 bridgehead atoms. The van der Waals surface area contributed by atoms with Gasteiger partial charge in [0.15, 0.2) is 0 Å². The Bertz CT molecular complexity index is 3010. The highest BCUT2D eigenvalue weighted by Gasteiger charge is 2.46. The van der Waals surface area contributed by atoms with Gasteiger partial charge < -0.3 is 9.88 Å². The fourth-order valence-corrected chi connectivity index (χ4v) is 9.28. The van der Waals surface area contributed by atoms with Gasteiger partial charge in [0, 0.05) is 27.8 Å². The van der Waals surface area contributed by atoms with E-state index in [0.29, 0.717) is 0 Å². The lowest BCUT2D eigenvalue weighted by Gasteiger charge is -2.34. The minimum Gasteiger partial charge on any atom is -0.355 e. The summed E-state index contributed by atoms with van der Waals surface area (Å²) >= 11 is 0. The Hall–Kier alpha value is -7.16. The van der Waals surface area contributed by atoms with Gasteiger partial charge in [-0.15, -0.1) is 0 Å². The Labute approximate surface area is 320 Å². The first-order valence-corrected chi connectivity index (χ1v) is 19.0. The van der Waals surface area contributed by atoms with Gasteiger partial charge >= 0.3 is 0 Å². The number of rotatable bonds is 6. The lowest BCUT2D eigenvalue weighted by Crippen LogP contribution is -2.28. The molecule has 1 aliphatic carbocycles. The number of aromatic nitrogens is 1. The quantitative estimate of drug-likeness (QED) is 0.183. The van der Waals surface area contributed by atoms with Crippen molar-refractivity contribution >= 4 is 44.0 Å². The second kappa shape index (κ2) is 12.5. The standard InChI is InChI=1S/C53H36N2/c1-4-17-38(18-5-1)53(39-19-6-2-7-20-39)49-33-37(44-25-14-16-36-15-10-11-23-43(36)44)27-30-45(49)46-31-28-41(35-50(46)53)54-40-29-32-52-48(34-40)47-24-12-13-26-51(47)55(52)42-21-8-3-9-22-42/h1-35,54H. The van der Waals surface area contributed by atoms with E-state index in [9.17, 15) is 0 Å². The molecule has 0 spiro atoms. The summed E-state index contributed by atoms with van der Waals surface area (Å²) in [7, 11) is 0. The van der Waals surface area contributed by atoms with Gasteiger partial charge in [0.25, 0.3) is 0 Å². The van der Waals surface area contributed by atoms with Crippen LogP contribution in [0.25, 0.3) is 60.5 Å². The third kappa shape index (κ3) is 4.82. The van der Waals surface area contributed by atoms with Crippen molar-refractivity contribution in [2.24, 2.45) is 0 Å². The molecule has 0 saturated carbocycles. The molecule has 0 radical (unpaired) electrons. The Morgan fingerprint density at radius 2 is 0.927 bits per heavy atom. The molecule has 1 aliphatic rings. The molecule has 2 heteroatoms. The van der Waals surface area contributed by atoms with Crippen LogP contribution in [0.2, 0.25) is 0 Å². The summed E-state index contributed by atoms with van der Waals surface area (Å²) in [5, 5.41) is 8.83. The van der Waals surface area contributed by atoms with Crippen LogP contribution in [0, 0.1) is 0 Å². The summed E-state index contributed by atoms with van der Waals surface area (Å²) in [4.78, 5) is 0. The van der Waals surface area contributed by atoms with Crippen LogP contribution in [0.15, 0.2) is 212 Å². The molecule has 0 unspecified atom stereocenters. The highest BCUT2D eigenvalue weighted by molar-refractivity contribution is 6.10. The predicted molar refractivity (Wildman–Crippen MR) is 231 cm³/mol. The normalized spacial score (nSPS) is 12.9. The zero-order valence-corrected chi connectivity index (χ0v) is 30.2. The molecule has 0 amide bonds. The molecule has 0 aliphatic heterocycles. The number of benzene rings is 9. The summed E-state index contributed by atoms with van der Waals surface area (Å²) in [6.07, 6.45) is 0. The molecule has 11 rings (SSSR count). The predicted octanol–water partition coefficient (Wildman–Crippen LogP) is 13.7. The van der Waals surface area contributed by atoms with Crippen molar-refractivity contribution < 1.29 is 0 Å². The number of nitrogens with zero attached hydrogens (tertiary/aromatic N) is 1. The van der Waals surface area contributed by atoms with E-state index in [1.165, 1.54) is 77.1 Å². The number of anilines is 2. The van der Waals surface area contributed by atoms with Gasteiger partial charge in [0.1, 0.15) is 0 Å². The number of hydrogen-bond acceptors (Lipinski definition) is 1. The molecule has 1 heterocycles. The lowest BCUT2D eigenvalue weighted by atomic mass is 9.67. The van der Waals surface area contributed by atoms with Crippen molar-refractivity contribution in [3.63, 3.8) is 0 Å². The Balaban J connectivity index is 1.10. The van der Waals surface area contributed by atoms with Gasteiger partial charge in [-0.05, 0) is 110 Å². The van der Waals surface area contributed by atoms with Crippen molar-refractivity contribution in [2.75, 3.05) is 5.32 Å². The van der Waals surface area contributed by atoms with E-state index in [2.05, 4.69) is 222 Å². The number of hydrogen-bond donors (Lipinski definition) is 1. The summed E-state index contributed by atoms with van der Waals surface area (Å²) in [6, 6.07) is 77.6. The molecule has 0 saturated heterocycles. The van der Waals surface area contributed by atoms with Crippen molar-refractivity contribution in [1.29, 1.82) is 0 Å². The molecule has 10 aromatic rings. The monoisotopic (exact) mass is 700 g/mol. The maximum absolute atomic E-state index is 3.86.